The van der Waals surface area contributed by atoms with Crippen LogP contribution in [-0.2, 0) is 4.79 Å². The number of amides is 2. The molecular weight excluding hydrogens is 445 g/mol. The first-order valence-corrected chi connectivity index (χ1v) is 9.99. The van der Waals surface area contributed by atoms with E-state index in [4.69, 9.17) is 0 Å². The minimum Gasteiger partial charge on any atom is -0.325 e. The first kappa shape index (κ1) is 20.0. The number of carbonyl (C=O) groups is 2. The number of anilines is 2. The molecule has 2 aromatic carbocycles. The van der Waals surface area contributed by atoms with E-state index in [9.17, 15) is 14.0 Å². The Kier molecular flexibility index (Phi) is 6.78. The second-order valence-electron chi connectivity index (χ2n) is 5.69. The quantitative estimate of drug-likeness (QED) is 0.510. The van der Waals surface area contributed by atoms with Crippen molar-refractivity contribution in [3.05, 3.63) is 82.7 Å². The lowest BCUT2D eigenvalue weighted by molar-refractivity contribution is -0.113. The van der Waals surface area contributed by atoms with Gasteiger partial charge in [0.1, 0.15) is 5.82 Å². The van der Waals surface area contributed by atoms with Crippen LogP contribution in [-0.4, -0.2) is 22.6 Å². The van der Waals surface area contributed by atoms with Crippen LogP contribution in [0.2, 0.25) is 0 Å². The second-order valence-corrected chi connectivity index (χ2v) is 7.60. The van der Waals surface area contributed by atoms with Crippen LogP contribution in [0.4, 0.5) is 15.8 Å². The van der Waals surface area contributed by atoms with Gasteiger partial charge >= 0.3 is 0 Å². The van der Waals surface area contributed by atoms with Crippen LogP contribution in [0.1, 0.15) is 10.4 Å². The summed E-state index contributed by atoms with van der Waals surface area (Å²) in [6, 6.07) is 16.1. The molecule has 142 valence electrons. The van der Waals surface area contributed by atoms with E-state index in [1.807, 2.05) is 18.2 Å². The van der Waals surface area contributed by atoms with Crippen molar-refractivity contribution in [2.75, 3.05) is 16.4 Å². The molecule has 5 nitrogen and oxygen atoms in total. The summed E-state index contributed by atoms with van der Waals surface area (Å²) in [5.41, 5.74) is 1.57. The summed E-state index contributed by atoms with van der Waals surface area (Å²) in [4.78, 5) is 28.4. The van der Waals surface area contributed by atoms with Crippen LogP contribution >= 0.6 is 27.7 Å². The van der Waals surface area contributed by atoms with E-state index in [0.717, 1.165) is 4.47 Å². The fourth-order valence-corrected chi connectivity index (χ4v) is 3.28. The Balaban J connectivity index is 1.51. The average molecular weight is 460 g/mol. The number of aromatic nitrogens is 1. The van der Waals surface area contributed by atoms with Crippen LogP contribution in [0.15, 0.2) is 76.4 Å². The number of pyridine rings is 1. The zero-order chi connectivity index (χ0) is 19.9. The highest BCUT2D eigenvalue weighted by Crippen LogP contribution is 2.19. The molecule has 3 rings (SSSR count). The van der Waals surface area contributed by atoms with Crippen LogP contribution in [0.5, 0.6) is 0 Å². The molecule has 1 heterocycles. The molecule has 2 amide bonds. The number of nitrogens with one attached hydrogen (secondary N) is 2. The highest BCUT2D eigenvalue weighted by molar-refractivity contribution is 9.10. The maximum Gasteiger partial charge on any atom is 0.257 e. The predicted molar refractivity (Wildman–Crippen MR) is 112 cm³/mol. The third kappa shape index (κ3) is 5.90. The second kappa shape index (κ2) is 9.48. The lowest BCUT2D eigenvalue weighted by Gasteiger charge is -2.07. The van der Waals surface area contributed by atoms with Gasteiger partial charge in [0.2, 0.25) is 5.91 Å². The number of benzene rings is 2. The molecule has 0 atom stereocenters. The molecule has 8 heteroatoms. The van der Waals surface area contributed by atoms with E-state index in [2.05, 4.69) is 31.5 Å². The van der Waals surface area contributed by atoms with Crippen molar-refractivity contribution in [2.24, 2.45) is 0 Å². The molecule has 0 bridgehead atoms. The maximum atomic E-state index is 12.9. The van der Waals surface area contributed by atoms with E-state index in [1.165, 1.54) is 42.2 Å². The van der Waals surface area contributed by atoms with E-state index in [-0.39, 0.29) is 23.4 Å². The van der Waals surface area contributed by atoms with Gasteiger partial charge in [-0.2, -0.15) is 0 Å². The summed E-state index contributed by atoms with van der Waals surface area (Å²) in [5.74, 6) is -0.670. The van der Waals surface area contributed by atoms with Crippen LogP contribution in [0, 0.1) is 5.82 Å². The predicted octanol–water partition coefficient (Wildman–Crippen LogP) is 4.97. The monoisotopic (exact) mass is 459 g/mol. The van der Waals surface area contributed by atoms with Crippen molar-refractivity contribution in [3.8, 4) is 0 Å². The Morgan fingerprint density at radius 2 is 1.79 bits per heavy atom. The Morgan fingerprint density at radius 3 is 2.46 bits per heavy atom. The molecule has 0 aliphatic heterocycles. The molecule has 28 heavy (non-hydrogen) atoms. The molecule has 0 aliphatic carbocycles. The average Bonchev–Trinajstić information content (AvgIpc) is 2.68. The molecule has 0 aliphatic rings. The zero-order valence-electron chi connectivity index (χ0n) is 14.5. The van der Waals surface area contributed by atoms with Crippen molar-refractivity contribution in [3.63, 3.8) is 0 Å². The Bertz CT molecular complexity index is 982. The number of nitrogens with zero attached hydrogens (tertiary/aromatic N) is 1. The number of hydrogen-bond donors (Lipinski definition) is 2. The third-order valence-corrected chi connectivity index (χ3v) is 5.00. The normalized spacial score (nSPS) is 10.4. The SMILES string of the molecule is O=C(CSc1ccc(C(=O)Nc2ccc(F)cc2)cn1)Nc1cccc(Br)c1. The van der Waals surface area contributed by atoms with Gasteiger partial charge in [-0.1, -0.05) is 33.8 Å². The van der Waals surface area contributed by atoms with Crippen molar-refractivity contribution in [1.82, 2.24) is 4.98 Å². The molecule has 0 spiro atoms. The van der Waals surface area contributed by atoms with E-state index in [1.54, 1.807) is 18.2 Å². The number of hydrogen-bond acceptors (Lipinski definition) is 4. The highest BCUT2D eigenvalue weighted by Gasteiger charge is 2.09. The van der Waals surface area contributed by atoms with Crippen LogP contribution in [0.3, 0.4) is 0 Å². The summed E-state index contributed by atoms with van der Waals surface area (Å²) < 4.78 is 13.8. The molecule has 3 aromatic rings. The van der Waals surface area contributed by atoms with Crippen molar-refractivity contribution in [1.29, 1.82) is 0 Å². The number of halogens is 2. The Labute approximate surface area is 173 Å². The summed E-state index contributed by atoms with van der Waals surface area (Å²) >= 11 is 4.62. The van der Waals surface area contributed by atoms with Gasteiger partial charge in [-0.15, -0.1) is 0 Å². The molecule has 0 radical (unpaired) electrons. The van der Waals surface area contributed by atoms with Gasteiger partial charge in [0.05, 0.1) is 16.3 Å². The standard InChI is InChI=1S/C20H15BrFN3O2S/c21-14-2-1-3-17(10-14)24-18(26)12-28-19-9-4-13(11-23-19)20(27)25-16-7-5-15(22)6-8-16/h1-11H,12H2,(H,24,26)(H,25,27). The topological polar surface area (TPSA) is 71.1 Å². The van der Waals surface area contributed by atoms with Crippen molar-refractivity contribution >= 4 is 50.9 Å². The largest absolute Gasteiger partial charge is 0.325 e. The third-order valence-electron chi connectivity index (χ3n) is 3.56. The Morgan fingerprint density at radius 1 is 1.00 bits per heavy atom. The molecule has 1 aromatic heterocycles. The molecule has 0 fully saturated rings. The van der Waals surface area contributed by atoms with Gasteiger partial charge in [-0.3, -0.25) is 9.59 Å². The van der Waals surface area contributed by atoms with Gasteiger partial charge in [0.15, 0.2) is 0 Å². The van der Waals surface area contributed by atoms with E-state index in [0.29, 0.717) is 22.0 Å². The van der Waals surface area contributed by atoms with Crippen molar-refractivity contribution in [2.45, 2.75) is 5.03 Å². The van der Waals surface area contributed by atoms with E-state index >= 15 is 0 Å². The minimum atomic E-state index is -0.370. The first-order chi connectivity index (χ1) is 13.5. The lowest BCUT2D eigenvalue weighted by Crippen LogP contribution is -2.14. The number of rotatable bonds is 6. The summed E-state index contributed by atoms with van der Waals surface area (Å²) in [6.07, 6.45) is 1.44. The van der Waals surface area contributed by atoms with Crippen LogP contribution < -0.4 is 10.6 Å². The van der Waals surface area contributed by atoms with Gasteiger partial charge in [-0.05, 0) is 54.6 Å². The van der Waals surface area contributed by atoms with E-state index < -0.39 is 0 Å². The maximum absolute atomic E-state index is 12.9. The van der Waals surface area contributed by atoms with Crippen molar-refractivity contribution < 1.29 is 14.0 Å². The molecule has 0 saturated carbocycles. The molecular formula is C20H15BrFN3O2S. The fraction of sp³-hybridized carbons (Fsp3) is 0.0500. The molecule has 0 unspecified atom stereocenters. The van der Waals surface area contributed by atoms with Gasteiger partial charge in [0.25, 0.3) is 5.91 Å². The molecule has 0 saturated heterocycles. The van der Waals surface area contributed by atoms with Gasteiger partial charge in [0, 0.05) is 22.0 Å². The lowest BCUT2D eigenvalue weighted by atomic mass is 10.2. The van der Waals surface area contributed by atoms with Gasteiger partial charge < -0.3 is 10.6 Å². The zero-order valence-corrected chi connectivity index (χ0v) is 16.9. The number of carbonyl (C=O) groups excluding carboxylic acids is 2. The minimum absolute atomic E-state index is 0.150. The first-order valence-electron chi connectivity index (χ1n) is 8.21. The summed E-state index contributed by atoms with van der Waals surface area (Å²) in [6.45, 7) is 0. The smallest absolute Gasteiger partial charge is 0.257 e. The van der Waals surface area contributed by atoms with Gasteiger partial charge in [-0.25, -0.2) is 9.37 Å². The molecule has 2 N–H and O–H groups in total. The van der Waals surface area contributed by atoms with Crippen LogP contribution in [0.25, 0.3) is 0 Å². The highest BCUT2D eigenvalue weighted by atomic mass is 79.9. The Hall–Kier alpha value is -2.71. The fourth-order valence-electron chi connectivity index (χ4n) is 2.24. The summed E-state index contributed by atoms with van der Waals surface area (Å²) in [7, 11) is 0. The summed E-state index contributed by atoms with van der Waals surface area (Å²) in [5, 5.41) is 6.10. The number of thioether (sulfide) groups is 1.